The van der Waals surface area contributed by atoms with Crippen LogP contribution in [-0.4, -0.2) is 49.4 Å². The summed E-state index contributed by atoms with van der Waals surface area (Å²) in [5, 5.41) is 0.574. The molecule has 5 nitrogen and oxygen atoms in total. The monoisotopic (exact) mass is 468 g/mol. The number of rotatable bonds is 5. The van der Waals surface area contributed by atoms with Crippen LogP contribution >= 0.6 is 27.5 Å². The lowest BCUT2D eigenvalue weighted by Gasteiger charge is -2.36. The standard InChI is InChI=1S/C20H19BrClFN2O3/c1-13(26)14-2-4-18(17(23)10-14)24-6-8-25(9-7-24)20(27)12-28-19-5-3-15(22)11-16(19)21/h2-5,10-11H,6-9,12H2,1H3. The Balaban J connectivity index is 1.54. The fraction of sp³-hybridized carbons (Fsp3) is 0.300. The number of ketones is 1. The number of carbonyl (C=O) groups excluding carboxylic acids is 2. The molecule has 2 aromatic rings. The van der Waals surface area contributed by atoms with E-state index < -0.39 is 5.82 Å². The zero-order chi connectivity index (χ0) is 20.3. The molecule has 1 fully saturated rings. The Morgan fingerprint density at radius 3 is 2.46 bits per heavy atom. The molecular weight excluding hydrogens is 451 g/mol. The van der Waals surface area contributed by atoms with Crippen molar-refractivity contribution < 1.29 is 18.7 Å². The molecule has 1 aliphatic heterocycles. The van der Waals surface area contributed by atoms with Crippen LogP contribution in [0.4, 0.5) is 10.1 Å². The summed E-state index contributed by atoms with van der Waals surface area (Å²) in [6.45, 7) is 3.28. The second-order valence-corrected chi connectivity index (χ2v) is 7.74. The summed E-state index contributed by atoms with van der Waals surface area (Å²) in [4.78, 5) is 27.3. The molecule has 1 saturated heterocycles. The summed E-state index contributed by atoms with van der Waals surface area (Å²) < 4.78 is 20.6. The fourth-order valence-electron chi connectivity index (χ4n) is 3.00. The number of hydrogen-bond acceptors (Lipinski definition) is 4. The highest BCUT2D eigenvalue weighted by atomic mass is 79.9. The van der Waals surface area contributed by atoms with Crippen LogP contribution in [0.3, 0.4) is 0 Å². The van der Waals surface area contributed by atoms with Gasteiger partial charge in [0, 0.05) is 36.8 Å². The summed E-state index contributed by atoms with van der Waals surface area (Å²) in [7, 11) is 0. The molecule has 28 heavy (non-hydrogen) atoms. The van der Waals surface area contributed by atoms with E-state index >= 15 is 0 Å². The molecule has 1 amide bonds. The van der Waals surface area contributed by atoms with E-state index in [-0.39, 0.29) is 18.3 Å². The van der Waals surface area contributed by atoms with Crippen molar-refractivity contribution in [2.24, 2.45) is 0 Å². The summed E-state index contributed by atoms with van der Waals surface area (Å²) in [6, 6.07) is 9.59. The van der Waals surface area contributed by atoms with Crippen LogP contribution in [0.15, 0.2) is 40.9 Å². The maximum absolute atomic E-state index is 14.3. The van der Waals surface area contributed by atoms with Crippen molar-refractivity contribution in [3.05, 3.63) is 57.3 Å². The van der Waals surface area contributed by atoms with Crippen molar-refractivity contribution in [3.8, 4) is 5.75 Å². The molecule has 0 aromatic heterocycles. The number of hydrogen-bond donors (Lipinski definition) is 0. The van der Waals surface area contributed by atoms with Crippen molar-refractivity contribution in [2.45, 2.75) is 6.92 Å². The van der Waals surface area contributed by atoms with Crippen molar-refractivity contribution in [3.63, 3.8) is 0 Å². The molecule has 0 atom stereocenters. The highest BCUT2D eigenvalue weighted by Crippen LogP contribution is 2.28. The number of carbonyl (C=O) groups is 2. The van der Waals surface area contributed by atoms with Crippen LogP contribution in [0, 0.1) is 5.82 Å². The van der Waals surface area contributed by atoms with Gasteiger partial charge < -0.3 is 14.5 Å². The van der Waals surface area contributed by atoms with Gasteiger partial charge in [0.2, 0.25) is 0 Å². The summed E-state index contributed by atoms with van der Waals surface area (Å²) >= 11 is 9.24. The highest BCUT2D eigenvalue weighted by molar-refractivity contribution is 9.10. The number of anilines is 1. The van der Waals surface area contributed by atoms with E-state index in [4.69, 9.17) is 16.3 Å². The van der Waals surface area contributed by atoms with Crippen LogP contribution in [0.25, 0.3) is 0 Å². The van der Waals surface area contributed by atoms with Gasteiger partial charge in [-0.1, -0.05) is 11.6 Å². The SMILES string of the molecule is CC(=O)c1ccc(N2CCN(C(=O)COc3ccc(Cl)cc3Br)CC2)c(F)c1. The molecule has 0 bridgehead atoms. The molecule has 148 valence electrons. The minimum absolute atomic E-state index is 0.0814. The maximum atomic E-state index is 14.3. The van der Waals surface area contributed by atoms with Crippen LogP contribution < -0.4 is 9.64 Å². The van der Waals surface area contributed by atoms with Crippen molar-refractivity contribution in [1.29, 1.82) is 0 Å². The zero-order valence-corrected chi connectivity index (χ0v) is 17.6. The number of Topliss-reactive ketones (excluding diaryl/α,β-unsaturated/α-hetero) is 1. The summed E-state index contributed by atoms with van der Waals surface area (Å²) in [5.74, 6) is -0.186. The number of amides is 1. The third-order valence-corrected chi connectivity index (χ3v) is 5.43. The molecule has 1 heterocycles. The Labute approximate surface area is 176 Å². The van der Waals surface area contributed by atoms with E-state index in [2.05, 4.69) is 15.9 Å². The average molecular weight is 470 g/mol. The van der Waals surface area contributed by atoms with Gasteiger partial charge in [0.1, 0.15) is 11.6 Å². The van der Waals surface area contributed by atoms with Crippen LogP contribution in [-0.2, 0) is 4.79 Å². The number of ether oxygens (including phenoxy) is 1. The molecular formula is C20H19BrClFN2O3. The molecule has 3 rings (SSSR count). The predicted octanol–water partition coefficient (Wildman–Crippen LogP) is 4.17. The van der Waals surface area contributed by atoms with Crippen molar-refractivity contribution in [2.75, 3.05) is 37.7 Å². The first-order valence-electron chi connectivity index (χ1n) is 8.76. The lowest BCUT2D eigenvalue weighted by Crippen LogP contribution is -2.50. The van der Waals surface area contributed by atoms with Crippen LogP contribution in [0.5, 0.6) is 5.75 Å². The van der Waals surface area contributed by atoms with E-state index in [9.17, 15) is 14.0 Å². The average Bonchev–Trinajstić information content (AvgIpc) is 2.67. The fourth-order valence-corrected chi connectivity index (χ4v) is 3.80. The van der Waals surface area contributed by atoms with Gasteiger partial charge in [-0.05, 0) is 59.3 Å². The third-order valence-electron chi connectivity index (χ3n) is 4.57. The zero-order valence-electron chi connectivity index (χ0n) is 15.3. The van der Waals surface area contributed by atoms with Crippen molar-refractivity contribution >= 4 is 44.9 Å². The Bertz CT molecular complexity index is 901. The van der Waals surface area contributed by atoms with Crippen LogP contribution in [0.1, 0.15) is 17.3 Å². The van der Waals surface area contributed by atoms with Gasteiger partial charge in [0.05, 0.1) is 10.2 Å². The van der Waals surface area contributed by atoms with Gasteiger partial charge >= 0.3 is 0 Å². The number of piperazine rings is 1. The Kier molecular flexibility index (Phi) is 6.57. The number of halogens is 3. The predicted molar refractivity (Wildman–Crippen MR) is 110 cm³/mol. The van der Waals surface area contributed by atoms with E-state index in [1.165, 1.54) is 13.0 Å². The molecule has 0 aliphatic carbocycles. The van der Waals surface area contributed by atoms with Gasteiger partial charge in [-0.25, -0.2) is 4.39 Å². The Morgan fingerprint density at radius 2 is 1.86 bits per heavy atom. The highest BCUT2D eigenvalue weighted by Gasteiger charge is 2.23. The number of benzene rings is 2. The lowest BCUT2D eigenvalue weighted by atomic mass is 10.1. The largest absolute Gasteiger partial charge is 0.483 e. The van der Waals surface area contributed by atoms with Crippen LogP contribution in [0.2, 0.25) is 5.02 Å². The second-order valence-electron chi connectivity index (χ2n) is 6.45. The van der Waals surface area contributed by atoms with E-state index in [1.54, 1.807) is 35.2 Å². The normalized spacial score (nSPS) is 14.1. The third kappa shape index (κ3) is 4.83. The van der Waals surface area contributed by atoms with E-state index in [1.807, 2.05) is 4.90 Å². The van der Waals surface area contributed by atoms with Crippen molar-refractivity contribution in [1.82, 2.24) is 4.90 Å². The topological polar surface area (TPSA) is 49.9 Å². The smallest absolute Gasteiger partial charge is 0.260 e. The van der Waals surface area contributed by atoms with Gasteiger partial charge in [0.15, 0.2) is 12.4 Å². The maximum Gasteiger partial charge on any atom is 0.260 e. The lowest BCUT2D eigenvalue weighted by molar-refractivity contribution is -0.133. The van der Waals surface area contributed by atoms with Gasteiger partial charge in [-0.2, -0.15) is 0 Å². The molecule has 0 saturated carbocycles. The Morgan fingerprint density at radius 1 is 1.14 bits per heavy atom. The molecule has 0 N–H and O–H groups in total. The van der Waals surface area contributed by atoms with E-state index in [0.29, 0.717) is 52.7 Å². The number of nitrogens with zero attached hydrogens (tertiary/aromatic N) is 2. The Hall–Kier alpha value is -2.12. The first-order valence-corrected chi connectivity index (χ1v) is 9.93. The second kappa shape index (κ2) is 8.92. The van der Waals surface area contributed by atoms with Gasteiger partial charge in [-0.15, -0.1) is 0 Å². The first kappa shape index (κ1) is 20.6. The molecule has 0 unspecified atom stereocenters. The van der Waals surface area contributed by atoms with Gasteiger partial charge in [-0.3, -0.25) is 9.59 Å². The molecule has 1 aliphatic rings. The molecule has 2 aromatic carbocycles. The quantitative estimate of drug-likeness (QED) is 0.617. The molecule has 8 heteroatoms. The van der Waals surface area contributed by atoms with Gasteiger partial charge in [0.25, 0.3) is 5.91 Å². The minimum Gasteiger partial charge on any atom is -0.483 e. The summed E-state index contributed by atoms with van der Waals surface area (Å²) in [5.41, 5.74) is 0.791. The first-order chi connectivity index (χ1) is 13.3. The summed E-state index contributed by atoms with van der Waals surface area (Å²) in [6.07, 6.45) is 0. The minimum atomic E-state index is -0.427. The van der Waals surface area contributed by atoms with E-state index in [0.717, 1.165) is 0 Å². The molecule has 0 spiro atoms. The molecule has 0 radical (unpaired) electrons.